The second-order valence-electron chi connectivity index (χ2n) is 10.2. The quantitative estimate of drug-likeness (QED) is 0.146. The molecule has 0 unspecified atom stereocenters. The van der Waals surface area contributed by atoms with Crippen LogP contribution in [-0.2, 0) is 26.2 Å². The van der Waals surface area contributed by atoms with Crippen LogP contribution in [0.1, 0.15) is 36.6 Å². The highest BCUT2D eigenvalue weighted by atomic mass is 35.5. The lowest BCUT2D eigenvalue weighted by atomic mass is 10.1. The van der Waals surface area contributed by atoms with Crippen molar-refractivity contribution in [3.05, 3.63) is 130 Å². The third-order valence-electron chi connectivity index (χ3n) is 7.25. The maximum absolute atomic E-state index is 6.70. The average Bonchev–Trinajstić information content (AvgIpc) is 3.37. The molecule has 5 rings (SSSR count). The Bertz CT molecular complexity index is 1550. The first-order valence-electron chi connectivity index (χ1n) is 14.1. The lowest BCUT2D eigenvalue weighted by Gasteiger charge is -2.25. The van der Waals surface area contributed by atoms with E-state index in [-0.39, 0.29) is 0 Å². The summed E-state index contributed by atoms with van der Waals surface area (Å²) in [7, 11) is 1.69. The summed E-state index contributed by atoms with van der Waals surface area (Å²) in [6.45, 7) is 5.17. The Morgan fingerprint density at radius 2 is 1.44 bits per heavy atom. The minimum absolute atomic E-state index is 0.567. The van der Waals surface area contributed by atoms with E-state index in [0.29, 0.717) is 23.1 Å². The fourth-order valence-corrected chi connectivity index (χ4v) is 5.50. The van der Waals surface area contributed by atoms with Crippen LogP contribution in [0.4, 0.5) is 0 Å². The summed E-state index contributed by atoms with van der Waals surface area (Å²) in [5.74, 6) is 1.84. The molecule has 210 valence electrons. The van der Waals surface area contributed by atoms with Crippen molar-refractivity contribution in [2.45, 2.75) is 45.9 Å². The van der Waals surface area contributed by atoms with Crippen LogP contribution < -0.4 is 4.74 Å². The van der Waals surface area contributed by atoms with E-state index in [1.807, 2.05) is 36.4 Å². The molecule has 0 N–H and O–H groups in total. The molecule has 0 bridgehead atoms. The third-order valence-corrected chi connectivity index (χ3v) is 8.11. The summed E-state index contributed by atoms with van der Waals surface area (Å²) in [6.07, 6.45) is 2.16. The molecular weight excluding hydrogens is 549 g/mol. The van der Waals surface area contributed by atoms with E-state index in [2.05, 4.69) is 83.1 Å². The van der Waals surface area contributed by atoms with Crippen molar-refractivity contribution in [1.82, 2.24) is 14.5 Å². The number of benzene rings is 4. The van der Waals surface area contributed by atoms with Gasteiger partial charge in [0.15, 0.2) is 0 Å². The van der Waals surface area contributed by atoms with Crippen LogP contribution in [0, 0.1) is 0 Å². The van der Waals surface area contributed by atoms with Gasteiger partial charge in [-0.1, -0.05) is 121 Å². The van der Waals surface area contributed by atoms with Crippen LogP contribution in [0.25, 0.3) is 22.6 Å². The van der Waals surface area contributed by atoms with Gasteiger partial charge in [0, 0.05) is 37.3 Å². The van der Waals surface area contributed by atoms with Gasteiger partial charge in [-0.2, -0.15) is 0 Å². The first-order valence-corrected chi connectivity index (χ1v) is 14.8. The van der Waals surface area contributed by atoms with E-state index in [4.69, 9.17) is 32.9 Å². The number of imidazole rings is 1. The molecule has 41 heavy (non-hydrogen) atoms. The topological polar surface area (TPSA) is 30.3 Å². The highest BCUT2D eigenvalue weighted by Crippen LogP contribution is 2.33. The molecule has 0 aliphatic carbocycles. The summed E-state index contributed by atoms with van der Waals surface area (Å²) in [5, 5.41) is 1.17. The lowest BCUT2D eigenvalue weighted by Crippen LogP contribution is -2.25. The SMILES string of the molecule is CCCCn1c(-c2ccccc2)nc(-c2ccccc2)c1CN(Cc1ccc(OC)cc1)Cc1cccc(Cl)c1Cl. The summed E-state index contributed by atoms with van der Waals surface area (Å²) < 4.78 is 7.82. The van der Waals surface area contributed by atoms with Crippen molar-refractivity contribution in [3.63, 3.8) is 0 Å². The van der Waals surface area contributed by atoms with Crippen LogP contribution in [-0.4, -0.2) is 21.6 Å². The first-order chi connectivity index (χ1) is 20.1. The molecule has 0 radical (unpaired) electrons. The maximum Gasteiger partial charge on any atom is 0.140 e. The Morgan fingerprint density at radius 1 is 0.756 bits per heavy atom. The highest BCUT2D eigenvalue weighted by molar-refractivity contribution is 6.42. The van der Waals surface area contributed by atoms with E-state index in [9.17, 15) is 0 Å². The molecule has 1 heterocycles. The molecule has 6 heteroatoms. The van der Waals surface area contributed by atoms with Gasteiger partial charge in [-0.15, -0.1) is 0 Å². The third kappa shape index (κ3) is 7.02. The van der Waals surface area contributed by atoms with Gasteiger partial charge in [0.1, 0.15) is 11.6 Å². The van der Waals surface area contributed by atoms with Crippen molar-refractivity contribution in [3.8, 4) is 28.4 Å². The van der Waals surface area contributed by atoms with E-state index in [1.54, 1.807) is 7.11 Å². The summed E-state index contributed by atoms with van der Waals surface area (Å²) >= 11 is 13.1. The molecule has 4 aromatic carbocycles. The summed E-state index contributed by atoms with van der Waals surface area (Å²) in [6, 6.07) is 35.1. The fourth-order valence-electron chi connectivity index (χ4n) is 5.12. The summed E-state index contributed by atoms with van der Waals surface area (Å²) in [4.78, 5) is 7.71. The molecular formula is C35H35Cl2N3O. The van der Waals surface area contributed by atoms with Crippen LogP contribution in [0.3, 0.4) is 0 Å². The Morgan fingerprint density at radius 3 is 2.10 bits per heavy atom. The molecule has 0 fully saturated rings. The smallest absolute Gasteiger partial charge is 0.140 e. The van der Waals surface area contributed by atoms with Gasteiger partial charge in [0.2, 0.25) is 0 Å². The highest BCUT2D eigenvalue weighted by Gasteiger charge is 2.22. The van der Waals surface area contributed by atoms with Gasteiger partial charge in [-0.05, 0) is 35.7 Å². The van der Waals surface area contributed by atoms with Gasteiger partial charge in [0.25, 0.3) is 0 Å². The lowest BCUT2D eigenvalue weighted by molar-refractivity contribution is 0.241. The zero-order chi connectivity index (χ0) is 28.6. The summed E-state index contributed by atoms with van der Waals surface area (Å²) in [5.41, 5.74) is 6.62. The fraction of sp³-hybridized carbons (Fsp3) is 0.229. The molecule has 0 amide bonds. The van der Waals surface area contributed by atoms with Crippen molar-refractivity contribution < 1.29 is 4.74 Å². The number of rotatable bonds is 12. The Kier molecular flexibility index (Phi) is 9.79. The van der Waals surface area contributed by atoms with Crippen LogP contribution >= 0.6 is 23.2 Å². The Labute approximate surface area is 253 Å². The Balaban J connectivity index is 1.62. The number of ether oxygens (including phenoxy) is 1. The number of unbranched alkanes of at least 4 members (excludes halogenated alkanes) is 1. The van der Waals surface area contributed by atoms with Crippen molar-refractivity contribution in [1.29, 1.82) is 0 Å². The number of halogens is 2. The molecule has 1 aromatic heterocycles. The molecule has 4 nitrogen and oxygen atoms in total. The second-order valence-corrected chi connectivity index (χ2v) is 11.0. The molecule has 0 atom stereocenters. The number of methoxy groups -OCH3 is 1. The van der Waals surface area contributed by atoms with Gasteiger partial charge < -0.3 is 9.30 Å². The monoisotopic (exact) mass is 583 g/mol. The Hall–Kier alpha value is -3.57. The van der Waals surface area contributed by atoms with Gasteiger partial charge >= 0.3 is 0 Å². The van der Waals surface area contributed by atoms with Gasteiger partial charge in [0.05, 0.1) is 28.5 Å². The van der Waals surface area contributed by atoms with E-state index < -0.39 is 0 Å². The van der Waals surface area contributed by atoms with E-state index in [1.165, 1.54) is 11.3 Å². The molecule has 0 saturated carbocycles. The van der Waals surface area contributed by atoms with Crippen molar-refractivity contribution >= 4 is 23.2 Å². The maximum atomic E-state index is 6.70. The number of aromatic nitrogens is 2. The molecule has 5 aromatic rings. The van der Waals surface area contributed by atoms with Crippen LogP contribution in [0.15, 0.2) is 103 Å². The van der Waals surface area contributed by atoms with Gasteiger partial charge in [-0.3, -0.25) is 4.90 Å². The number of nitrogens with zero attached hydrogens (tertiary/aromatic N) is 3. The predicted molar refractivity (Wildman–Crippen MR) is 170 cm³/mol. The molecule has 0 aliphatic heterocycles. The second kappa shape index (κ2) is 13.9. The van der Waals surface area contributed by atoms with E-state index >= 15 is 0 Å². The van der Waals surface area contributed by atoms with Crippen LogP contribution in [0.5, 0.6) is 5.75 Å². The van der Waals surface area contributed by atoms with Crippen molar-refractivity contribution in [2.75, 3.05) is 7.11 Å². The predicted octanol–water partition coefficient (Wildman–Crippen LogP) is 9.53. The average molecular weight is 585 g/mol. The minimum atomic E-state index is 0.567. The molecule has 0 aliphatic rings. The zero-order valence-electron chi connectivity index (χ0n) is 23.6. The van der Waals surface area contributed by atoms with Crippen LogP contribution in [0.2, 0.25) is 10.0 Å². The number of hydrogen-bond acceptors (Lipinski definition) is 3. The normalized spacial score (nSPS) is 11.2. The van der Waals surface area contributed by atoms with Crippen molar-refractivity contribution in [2.24, 2.45) is 0 Å². The molecule has 0 spiro atoms. The minimum Gasteiger partial charge on any atom is -0.497 e. The standard InChI is InChI=1S/C35H35Cl2N3O/c1-3-4-22-40-32(34(27-12-7-5-8-13-27)38-35(40)28-14-9-6-10-15-28)25-39(23-26-18-20-30(41-2)21-19-26)24-29-16-11-17-31(36)33(29)37/h5-21H,3-4,22-25H2,1-2H3. The van der Waals surface area contributed by atoms with Gasteiger partial charge in [-0.25, -0.2) is 4.98 Å². The van der Waals surface area contributed by atoms with E-state index in [0.717, 1.165) is 59.9 Å². The first kappa shape index (κ1) is 28.9. The number of hydrogen-bond donors (Lipinski definition) is 0. The molecule has 0 saturated heterocycles. The largest absolute Gasteiger partial charge is 0.497 e. The zero-order valence-corrected chi connectivity index (χ0v) is 25.1.